The predicted octanol–water partition coefficient (Wildman–Crippen LogP) is 5.95. The third kappa shape index (κ3) is 9.17. The zero-order chi connectivity index (χ0) is 30.8. The molecule has 0 aliphatic heterocycles. The number of nitrogens with one attached hydrogen (secondary N) is 2. The van der Waals surface area contributed by atoms with E-state index in [9.17, 15) is 19.3 Å². The molecular weight excluding hydrogens is 567 g/mol. The number of nitrogens with zero attached hydrogens (tertiary/aromatic N) is 4. The van der Waals surface area contributed by atoms with Crippen LogP contribution >= 0.6 is 12.2 Å². The van der Waals surface area contributed by atoms with Gasteiger partial charge in [-0.1, -0.05) is 62.7 Å². The molecule has 2 N–H and O–H groups in total. The Morgan fingerprint density at radius 1 is 1.07 bits per heavy atom. The van der Waals surface area contributed by atoms with Crippen LogP contribution in [0.5, 0.6) is 0 Å². The average Bonchev–Trinajstić information content (AvgIpc) is 3.43. The number of non-ortho nitro benzene ring substituents is 1. The van der Waals surface area contributed by atoms with Gasteiger partial charge in [0.15, 0.2) is 5.11 Å². The van der Waals surface area contributed by atoms with E-state index in [0.717, 1.165) is 23.2 Å². The second kappa shape index (κ2) is 15.0. The molecule has 4 rings (SSSR count). The topological polar surface area (TPSA) is 105 Å². The number of benzene rings is 3. The largest absolute Gasteiger partial charge is 0.351 e. The zero-order valence-electron chi connectivity index (χ0n) is 24.2. The quantitative estimate of drug-likeness (QED) is 0.111. The monoisotopic (exact) mass is 602 g/mol. The predicted molar refractivity (Wildman–Crippen MR) is 169 cm³/mol. The van der Waals surface area contributed by atoms with Crippen LogP contribution in [0.2, 0.25) is 0 Å². The molecular formula is C32H35FN6O3S. The Labute approximate surface area is 255 Å². The molecule has 1 aromatic heterocycles. The molecule has 1 heterocycles. The van der Waals surface area contributed by atoms with Gasteiger partial charge >= 0.3 is 0 Å². The Balaban J connectivity index is 1.46. The minimum atomic E-state index is -0.434. The molecule has 0 radical (unpaired) electrons. The molecule has 4 aromatic rings. The zero-order valence-corrected chi connectivity index (χ0v) is 25.0. The number of nitro groups is 1. The van der Waals surface area contributed by atoms with Crippen molar-refractivity contribution in [3.8, 4) is 0 Å². The number of rotatable bonds is 13. The number of hydrogen-bond acceptors (Lipinski definition) is 5. The molecule has 0 aliphatic carbocycles. The summed E-state index contributed by atoms with van der Waals surface area (Å²) in [5, 5.41) is 17.9. The highest BCUT2D eigenvalue weighted by Crippen LogP contribution is 2.17. The van der Waals surface area contributed by atoms with E-state index in [1.807, 2.05) is 39.8 Å². The van der Waals surface area contributed by atoms with Gasteiger partial charge in [0.05, 0.1) is 17.7 Å². The number of amides is 1. The van der Waals surface area contributed by atoms with Crippen molar-refractivity contribution in [1.82, 2.24) is 19.8 Å². The highest BCUT2D eigenvalue weighted by molar-refractivity contribution is 7.80. The standard InChI is InChI=1S/C32H35FN6O3S/c1-3-23(2)30(21-37(19-24-7-5-4-6-8-24)32(43)35-27-13-11-26(33)12-14-27)36-31(40)17-29-18-34-22-38(29)20-25-9-15-28(16-10-25)39(41)42/h4-16,18,22-23,30H,3,17,19-21H2,1-2H3,(H,35,43)(H,36,40)/t23-,30+/m0/s1. The maximum atomic E-state index is 13.5. The minimum absolute atomic E-state index is 0.0266. The maximum absolute atomic E-state index is 13.5. The molecule has 3 aromatic carbocycles. The van der Waals surface area contributed by atoms with Crippen LogP contribution in [0.3, 0.4) is 0 Å². The molecule has 0 fully saturated rings. The summed E-state index contributed by atoms with van der Waals surface area (Å²) in [6.07, 6.45) is 4.28. The van der Waals surface area contributed by atoms with Crippen molar-refractivity contribution >= 4 is 34.6 Å². The van der Waals surface area contributed by atoms with E-state index in [1.165, 1.54) is 24.3 Å². The van der Waals surface area contributed by atoms with Crippen LogP contribution < -0.4 is 10.6 Å². The van der Waals surface area contributed by atoms with Crippen LogP contribution in [0, 0.1) is 21.8 Å². The Kier molecular flexibility index (Phi) is 10.9. The van der Waals surface area contributed by atoms with E-state index in [0.29, 0.717) is 30.4 Å². The molecule has 2 atom stereocenters. The highest BCUT2D eigenvalue weighted by atomic mass is 32.1. The van der Waals surface area contributed by atoms with Crippen LogP contribution in [0.25, 0.3) is 0 Å². The van der Waals surface area contributed by atoms with Gasteiger partial charge in [-0.2, -0.15) is 0 Å². The van der Waals surface area contributed by atoms with E-state index < -0.39 is 4.92 Å². The SMILES string of the molecule is CC[C@H](C)[C@@H](CN(Cc1ccccc1)C(=S)Nc1ccc(F)cc1)NC(=O)Cc1cncn1Cc1ccc([N+](=O)[O-])cc1. The molecule has 0 aliphatic rings. The van der Waals surface area contributed by atoms with Crippen LogP contribution in [0.15, 0.2) is 91.4 Å². The van der Waals surface area contributed by atoms with Gasteiger partial charge in [0.1, 0.15) is 5.82 Å². The fraction of sp³-hybridized carbons (Fsp3) is 0.281. The third-order valence-electron chi connectivity index (χ3n) is 7.33. The van der Waals surface area contributed by atoms with E-state index in [1.54, 1.807) is 36.8 Å². The van der Waals surface area contributed by atoms with Crippen molar-refractivity contribution in [1.29, 1.82) is 0 Å². The fourth-order valence-electron chi connectivity index (χ4n) is 4.63. The first kappa shape index (κ1) is 31.3. The number of hydrogen-bond donors (Lipinski definition) is 2. The summed E-state index contributed by atoms with van der Waals surface area (Å²) in [5.74, 6) is -0.320. The Hall–Kier alpha value is -4.64. The van der Waals surface area contributed by atoms with Crippen molar-refractivity contribution in [3.63, 3.8) is 0 Å². The van der Waals surface area contributed by atoms with Crippen molar-refractivity contribution < 1.29 is 14.1 Å². The van der Waals surface area contributed by atoms with Crippen LogP contribution in [0.4, 0.5) is 15.8 Å². The number of carbonyl (C=O) groups excluding carboxylic acids is 1. The molecule has 0 unspecified atom stereocenters. The Bertz CT molecular complexity index is 1510. The molecule has 224 valence electrons. The Morgan fingerprint density at radius 3 is 2.42 bits per heavy atom. The summed E-state index contributed by atoms with van der Waals surface area (Å²) in [6.45, 7) is 5.60. The van der Waals surface area contributed by atoms with E-state index in [2.05, 4.69) is 29.5 Å². The molecule has 1 amide bonds. The van der Waals surface area contributed by atoms with Gasteiger partial charge in [-0.3, -0.25) is 14.9 Å². The van der Waals surface area contributed by atoms with Crippen molar-refractivity contribution in [3.05, 3.63) is 124 Å². The summed E-state index contributed by atoms with van der Waals surface area (Å²) in [7, 11) is 0. The van der Waals surface area contributed by atoms with Crippen molar-refractivity contribution in [2.45, 2.75) is 45.8 Å². The lowest BCUT2D eigenvalue weighted by Gasteiger charge is -2.33. The smallest absolute Gasteiger partial charge is 0.269 e. The molecule has 43 heavy (non-hydrogen) atoms. The van der Waals surface area contributed by atoms with Gasteiger partial charge in [0, 0.05) is 55.4 Å². The lowest BCUT2D eigenvalue weighted by molar-refractivity contribution is -0.384. The van der Waals surface area contributed by atoms with Gasteiger partial charge in [0.25, 0.3) is 5.69 Å². The molecule has 0 saturated heterocycles. The number of halogens is 1. The van der Waals surface area contributed by atoms with Crippen molar-refractivity contribution in [2.24, 2.45) is 5.92 Å². The fourth-order valence-corrected chi connectivity index (χ4v) is 4.89. The number of imidazole rings is 1. The number of aromatic nitrogens is 2. The normalized spacial score (nSPS) is 12.3. The summed E-state index contributed by atoms with van der Waals surface area (Å²) in [5.41, 5.74) is 3.36. The van der Waals surface area contributed by atoms with E-state index in [-0.39, 0.29) is 35.8 Å². The summed E-state index contributed by atoms with van der Waals surface area (Å²) in [4.78, 5) is 30.2. The van der Waals surface area contributed by atoms with Crippen LogP contribution in [-0.4, -0.2) is 43.0 Å². The van der Waals surface area contributed by atoms with E-state index in [4.69, 9.17) is 12.2 Å². The minimum Gasteiger partial charge on any atom is -0.351 e. The average molecular weight is 603 g/mol. The second-order valence-electron chi connectivity index (χ2n) is 10.5. The first-order valence-electron chi connectivity index (χ1n) is 14.1. The first-order valence-corrected chi connectivity index (χ1v) is 14.5. The molecule has 11 heteroatoms. The number of thiocarbonyl (C=S) groups is 1. The molecule has 0 bridgehead atoms. The summed E-state index contributed by atoms with van der Waals surface area (Å²) in [6, 6.07) is 22.1. The second-order valence-corrected chi connectivity index (χ2v) is 10.9. The molecule has 9 nitrogen and oxygen atoms in total. The lowest BCUT2D eigenvalue weighted by atomic mass is 9.98. The maximum Gasteiger partial charge on any atom is 0.269 e. The highest BCUT2D eigenvalue weighted by Gasteiger charge is 2.24. The van der Waals surface area contributed by atoms with Gasteiger partial charge < -0.3 is 20.1 Å². The molecule has 0 spiro atoms. The van der Waals surface area contributed by atoms with Gasteiger partial charge in [0.2, 0.25) is 5.91 Å². The summed E-state index contributed by atoms with van der Waals surface area (Å²) < 4.78 is 15.3. The molecule has 0 saturated carbocycles. The van der Waals surface area contributed by atoms with Crippen LogP contribution in [0.1, 0.15) is 37.1 Å². The number of anilines is 1. The third-order valence-corrected chi connectivity index (χ3v) is 7.69. The van der Waals surface area contributed by atoms with Crippen molar-refractivity contribution in [2.75, 3.05) is 11.9 Å². The van der Waals surface area contributed by atoms with Gasteiger partial charge in [-0.25, -0.2) is 9.37 Å². The number of nitro benzene ring substituents is 1. The van der Waals surface area contributed by atoms with E-state index >= 15 is 0 Å². The number of carbonyl (C=O) groups is 1. The summed E-state index contributed by atoms with van der Waals surface area (Å²) >= 11 is 5.80. The van der Waals surface area contributed by atoms with Gasteiger partial charge in [-0.15, -0.1) is 0 Å². The van der Waals surface area contributed by atoms with Crippen LogP contribution in [-0.2, 0) is 24.3 Å². The lowest BCUT2D eigenvalue weighted by Crippen LogP contribution is -2.50. The Morgan fingerprint density at radius 2 is 1.77 bits per heavy atom. The first-order chi connectivity index (χ1) is 20.7. The van der Waals surface area contributed by atoms with Gasteiger partial charge in [-0.05, 0) is 53.5 Å².